The third kappa shape index (κ3) is 4.39. The minimum absolute atomic E-state index is 0.237. The summed E-state index contributed by atoms with van der Waals surface area (Å²) >= 11 is 0. The highest BCUT2D eigenvalue weighted by Gasteiger charge is 2.18. The molecule has 2 rings (SSSR count). The summed E-state index contributed by atoms with van der Waals surface area (Å²) in [5.41, 5.74) is 0.971. The zero-order chi connectivity index (χ0) is 13.5. The summed E-state index contributed by atoms with van der Waals surface area (Å²) < 4.78 is 5.27. The van der Waals surface area contributed by atoms with E-state index in [4.69, 9.17) is 4.74 Å². The summed E-state index contributed by atoms with van der Waals surface area (Å²) in [5.74, 6) is 0.237. The molecule has 1 fully saturated rings. The number of carbonyl (C=O) groups excluding carboxylic acids is 2. The van der Waals surface area contributed by atoms with Crippen LogP contribution >= 0.6 is 0 Å². The van der Waals surface area contributed by atoms with Crippen LogP contribution in [0.4, 0.5) is 4.79 Å². The second-order valence-electron chi connectivity index (χ2n) is 4.77. The van der Waals surface area contributed by atoms with Gasteiger partial charge in [-0.2, -0.15) is 0 Å². The highest BCUT2D eigenvalue weighted by molar-refractivity contribution is 5.79. The van der Waals surface area contributed by atoms with Gasteiger partial charge >= 0.3 is 6.09 Å². The van der Waals surface area contributed by atoms with Crippen LogP contribution in [0.3, 0.4) is 0 Å². The maximum absolute atomic E-state index is 11.9. The number of rotatable bonds is 2. The van der Waals surface area contributed by atoms with E-state index in [0.29, 0.717) is 25.9 Å². The van der Waals surface area contributed by atoms with Gasteiger partial charge in [-0.3, -0.25) is 4.79 Å². The first kappa shape index (κ1) is 13.6. The van der Waals surface area contributed by atoms with Crippen LogP contribution in [0.2, 0.25) is 0 Å². The Labute approximate surface area is 113 Å². The van der Waals surface area contributed by atoms with Crippen molar-refractivity contribution in [3.63, 3.8) is 0 Å². The Bertz CT molecular complexity index is 430. The predicted molar refractivity (Wildman–Crippen MR) is 71.7 cm³/mol. The summed E-state index contributed by atoms with van der Waals surface area (Å²) in [7, 11) is 0. The summed E-state index contributed by atoms with van der Waals surface area (Å²) in [4.78, 5) is 25.0. The van der Waals surface area contributed by atoms with Crippen LogP contribution in [-0.2, 0) is 16.1 Å². The first-order valence-electron chi connectivity index (χ1n) is 6.73. The van der Waals surface area contributed by atoms with Gasteiger partial charge in [0.25, 0.3) is 0 Å². The fourth-order valence-electron chi connectivity index (χ4n) is 2.11. The molecule has 1 aliphatic rings. The van der Waals surface area contributed by atoms with Gasteiger partial charge in [0.15, 0.2) is 0 Å². The summed E-state index contributed by atoms with van der Waals surface area (Å²) in [6.45, 7) is 1.44. The zero-order valence-corrected chi connectivity index (χ0v) is 11.0. The fourth-order valence-corrected chi connectivity index (χ4v) is 2.11. The van der Waals surface area contributed by atoms with Gasteiger partial charge in [0.2, 0.25) is 0 Å². The van der Waals surface area contributed by atoms with E-state index in [1.165, 1.54) is 0 Å². The molecular formula is C15H19NO3. The van der Waals surface area contributed by atoms with Gasteiger partial charge in [-0.1, -0.05) is 30.3 Å². The average molecular weight is 261 g/mol. The summed E-state index contributed by atoms with van der Waals surface area (Å²) in [5, 5.41) is 0. The molecular weight excluding hydrogens is 242 g/mol. The second kappa shape index (κ2) is 6.92. The van der Waals surface area contributed by atoms with E-state index < -0.39 is 0 Å². The molecule has 1 amide bonds. The fraction of sp³-hybridized carbons (Fsp3) is 0.467. The highest BCUT2D eigenvalue weighted by Crippen LogP contribution is 2.10. The third-order valence-electron chi connectivity index (χ3n) is 3.26. The van der Waals surface area contributed by atoms with Gasteiger partial charge < -0.3 is 9.64 Å². The van der Waals surface area contributed by atoms with E-state index in [-0.39, 0.29) is 18.5 Å². The number of likely N-dealkylation sites (tertiary alicyclic amines) is 1. The lowest BCUT2D eigenvalue weighted by molar-refractivity contribution is -0.119. The molecule has 1 saturated heterocycles. The van der Waals surface area contributed by atoms with Gasteiger partial charge in [-0.25, -0.2) is 4.79 Å². The molecule has 102 valence electrons. The normalized spacial score (nSPS) is 16.6. The van der Waals surface area contributed by atoms with Crippen LogP contribution in [0.15, 0.2) is 30.3 Å². The van der Waals surface area contributed by atoms with E-state index in [0.717, 1.165) is 18.4 Å². The van der Waals surface area contributed by atoms with E-state index in [9.17, 15) is 9.59 Å². The highest BCUT2D eigenvalue weighted by atomic mass is 16.6. The topological polar surface area (TPSA) is 46.6 Å². The Morgan fingerprint density at radius 1 is 1.11 bits per heavy atom. The molecule has 0 radical (unpaired) electrons. The van der Waals surface area contributed by atoms with Crippen LogP contribution in [0.1, 0.15) is 31.2 Å². The number of ether oxygens (including phenoxy) is 1. The van der Waals surface area contributed by atoms with Crippen LogP contribution in [0.25, 0.3) is 0 Å². The standard InChI is InChI=1S/C15H19NO3/c17-14-8-4-5-10-16(11-9-14)15(18)19-12-13-6-2-1-3-7-13/h1-3,6-7H,4-5,8-12H2. The number of hydrogen-bond donors (Lipinski definition) is 0. The number of benzene rings is 1. The van der Waals surface area contributed by atoms with Crippen molar-refractivity contribution in [3.05, 3.63) is 35.9 Å². The molecule has 19 heavy (non-hydrogen) atoms. The number of nitrogens with zero attached hydrogens (tertiary/aromatic N) is 1. The molecule has 1 heterocycles. The van der Waals surface area contributed by atoms with Crippen molar-refractivity contribution >= 4 is 11.9 Å². The van der Waals surface area contributed by atoms with Gasteiger partial charge in [0, 0.05) is 25.9 Å². The average Bonchev–Trinajstić information content (AvgIpc) is 2.42. The smallest absolute Gasteiger partial charge is 0.410 e. The maximum atomic E-state index is 11.9. The molecule has 1 aromatic carbocycles. The number of carbonyl (C=O) groups is 2. The molecule has 0 atom stereocenters. The van der Waals surface area contributed by atoms with E-state index in [2.05, 4.69) is 0 Å². The van der Waals surface area contributed by atoms with E-state index in [1.54, 1.807) is 4.90 Å². The predicted octanol–water partition coefficient (Wildman–Crippen LogP) is 2.77. The Morgan fingerprint density at radius 2 is 1.89 bits per heavy atom. The monoisotopic (exact) mass is 261 g/mol. The lowest BCUT2D eigenvalue weighted by atomic mass is 10.1. The first-order chi connectivity index (χ1) is 9.25. The molecule has 0 aliphatic carbocycles. The molecule has 0 unspecified atom stereocenters. The van der Waals surface area contributed by atoms with Crippen molar-refractivity contribution in [1.29, 1.82) is 0 Å². The molecule has 0 saturated carbocycles. The Morgan fingerprint density at radius 3 is 2.68 bits per heavy atom. The Hall–Kier alpha value is -1.84. The maximum Gasteiger partial charge on any atom is 0.410 e. The van der Waals surface area contributed by atoms with Crippen molar-refractivity contribution in [1.82, 2.24) is 4.90 Å². The number of Topliss-reactive ketones (excluding diaryl/α,β-unsaturated/α-hetero) is 1. The molecule has 0 bridgehead atoms. The Balaban J connectivity index is 1.83. The minimum atomic E-state index is -0.321. The largest absolute Gasteiger partial charge is 0.445 e. The number of hydrogen-bond acceptors (Lipinski definition) is 3. The van der Waals surface area contributed by atoms with Crippen LogP contribution in [0.5, 0.6) is 0 Å². The van der Waals surface area contributed by atoms with Crippen LogP contribution in [0, 0.1) is 0 Å². The number of ketones is 1. The van der Waals surface area contributed by atoms with Gasteiger partial charge in [0.05, 0.1) is 0 Å². The lowest BCUT2D eigenvalue weighted by Crippen LogP contribution is -2.35. The molecule has 0 spiro atoms. The van der Waals surface area contributed by atoms with Crippen LogP contribution < -0.4 is 0 Å². The number of amides is 1. The van der Waals surface area contributed by atoms with E-state index in [1.807, 2.05) is 30.3 Å². The molecule has 4 heteroatoms. The summed E-state index contributed by atoms with van der Waals surface area (Å²) in [6.07, 6.45) is 2.50. The Kier molecular flexibility index (Phi) is 4.95. The molecule has 4 nitrogen and oxygen atoms in total. The molecule has 0 aromatic heterocycles. The van der Waals surface area contributed by atoms with E-state index >= 15 is 0 Å². The second-order valence-corrected chi connectivity index (χ2v) is 4.77. The van der Waals surface area contributed by atoms with Gasteiger partial charge in [0.1, 0.15) is 12.4 Å². The van der Waals surface area contributed by atoms with Crippen molar-refractivity contribution in [2.75, 3.05) is 13.1 Å². The SMILES string of the molecule is O=C1CCCCN(C(=O)OCc2ccccc2)CC1. The molecule has 0 N–H and O–H groups in total. The van der Waals surface area contributed by atoms with Crippen LogP contribution in [-0.4, -0.2) is 29.9 Å². The quantitative estimate of drug-likeness (QED) is 0.822. The van der Waals surface area contributed by atoms with Gasteiger partial charge in [-0.05, 0) is 18.4 Å². The minimum Gasteiger partial charge on any atom is -0.445 e. The van der Waals surface area contributed by atoms with Crippen molar-refractivity contribution in [3.8, 4) is 0 Å². The third-order valence-corrected chi connectivity index (χ3v) is 3.26. The molecule has 1 aromatic rings. The first-order valence-corrected chi connectivity index (χ1v) is 6.73. The van der Waals surface area contributed by atoms with Crippen molar-refractivity contribution in [2.24, 2.45) is 0 Å². The summed E-state index contributed by atoms with van der Waals surface area (Å²) in [6, 6.07) is 9.60. The molecule has 1 aliphatic heterocycles. The van der Waals surface area contributed by atoms with Crippen molar-refractivity contribution in [2.45, 2.75) is 32.3 Å². The zero-order valence-electron chi connectivity index (χ0n) is 11.0. The lowest BCUT2D eigenvalue weighted by Gasteiger charge is -2.23. The van der Waals surface area contributed by atoms with Gasteiger partial charge in [-0.15, -0.1) is 0 Å². The van der Waals surface area contributed by atoms with Crippen molar-refractivity contribution < 1.29 is 14.3 Å².